The zero-order chi connectivity index (χ0) is 24.9. The first-order valence-corrected chi connectivity index (χ1v) is 12.2. The first-order valence-electron chi connectivity index (χ1n) is 12.2. The number of hydrogen-bond acceptors (Lipinski definition) is 6. The van der Waals surface area contributed by atoms with E-state index in [1.54, 1.807) is 48.5 Å². The molecule has 4 aliphatic carbocycles. The standard InChI is InChI=1S/C28H24N2O6/c1-35-17-9-5-3-7-15(17)29-25(31)21-13-11-12-14(22(21)26(29)32)20-19(13)23-24(20)28(34)30(27(23)33)16-8-4-6-10-18(16)36-2/h3-14,19-24H,1-2H3/t13-,14-,19-,20-,21-,22+,23-,24-/m0/s1. The van der Waals surface area contributed by atoms with Crippen molar-refractivity contribution in [2.45, 2.75) is 0 Å². The van der Waals surface area contributed by atoms with E-state index in [1.807, 2.05) is 12.2 Å². The van der Waals surface area contributed by atoms with Gasteiger partial charge in [0, 0.05) is 0 Å². The van der Waals surface area contributed by atoms with Gasteiger partial charge in [0.15, 0.2) is 0 Å². The number of para-hydroxylation sites is 4. The van der Waals surface area contributed by atoms with Crippen molar-refractivity contribution in [3.8, 4) is 11.5 Å². The van der Waals surface area contributed by atoms with E-state index in [-0.39, 0.29) is 47.3 Å². The van der Waals surface area contributed by atoms with Crippen LogP contribution in [0.1, 0.15) is 0 Å². The van der Waals surface area contributed by atoms with Gasteiger partial charge in [-0.1, -0.05) is 36.4 Å². The third-order valence-electron chi connectivity index (χ3n) is 9.00. The van der Waals surface area contributed by atoms with Gasteiger partial charge in [-0.3, -0.25) is 19.2 Å². The van der Waals surface area contributed by atoms with E-state index >= 15 is 0 Å². The van der Waals surface area contributed by atoms with Crippen LogP contribution in [0.3, 0.4) is 0 Å². The van der Waals surface area contributed by atoms with Crippen molar-refractivity contribution in [1.29, 1.82) is 0 Å². The Balaban J connectivity index is 1.26. The zero-order valence-corrected chi connectivity index (χ0v) is 19.7. The van der Waals surface area contributed by atoms with E-state index < -0.39 is 23.7 Å². The number of benzene rings is 2. The Kier molecular flexibility index (Phi) is 4.32. The Morgan fingerprint density at radius 3 is 1.31 bits per heavy atom. The Morgan fingerprint density at radius 1 is 0.556 bits per heavy atom. The molecule has 2 heterocycles. The molecule has 0 radical (unpaired) electrons. The maximum Gasteiger partial charge on any atom is 0.238 e. The van der Waals surface area contributed by atoms with Crippen LogP contribution in [0, 0.1) is 47.3 Å². The van der Waals surface area contributed by atoms with Gasteiger partial charge in [0.25, 0.3) is 0 Å². The van der Waals surface area contributed by atoms with E-state index in [2.05, 4.69) is 0 Å². The molecule has 2 saturated heterocycles. The summed E-state index contributed by atoms with van der Waals surface area (Å²) in [5.41, 5.74) is 0.877. The lowest BCUT2D eigenvalue weighted by molar-refractivity contribution is -0.166. The summed E-state index contributed by atoms with van der Waals surface area (Å²) < 4.78 is 10.8. The Bertz CT molecular complexity index is 1330. The number of hydrogen-bond donors (Lipinski definition) is 0. The topological polar surface area (TPSA) is 93.2 Å². The first kappa shape index (κ1) is 21.4. The minimum absolute atomic E-state index is 0.142. The van der Waals surface area contributed by atoms with Gasteiger partial charge in [-0.05, 0) is 47.9 Å². The Morgan fingerprint density at radius 2 is 0.917 bits per heavy atom. The molecule has 0 unspecified atom stereocenters. The van der Waals surface area contributed by atoms with E-state index in [9.17, 15) is 19.2 Å². The third-order valence-corrected chi connectivity index (χ3v) is 9.00. The van der Waals surface area contributed by atoms with Crippen LogP contribution in [0.4, 0.5) is 11.4 Å². The van der Waals surface area contributed by atoms with Crippen molar-refractivity contribution in [3.05, 3.63) is 60.7 Å². The normalized spacial score (nSPS) is 35.5. The molecule has 2 bridgehead atoms. The van der Waals surface area contributed by atoms with Gasteiger partial charge in [0.05, 0.1) is 49.3 Å². The molecule has 4 fully saturated rings. The molecule has 0 N–H and O–H groups in total. The van der Waals surface area contributed by atoms with Crippen molar-refractivity contribution >= 4 is 35.0 Å². The number of nitrogens with zero attached hydrogens (tertiary/aromatic N) is 2. The average Bonchev–Trinajstić information content (AvgIpc) is 3.27. The van der Waals surface area contributed by atoms with Crippen LogP contribution in [-0.4, -0.2) is 37.8 Å². The molecule has 8 nitrogen and oxygen atoms in total. The van der Waals surface area contributed by atoms with Gasteiger partial charge in [0.1, 0.15) is 11.5 Å². The highest BCUT2D eigenvalue weighted by Crippen LogP contribution is 2.68. The van der Waals surface area contributed by atoms with E-state index in [0.717, 1.165) is 0 Å². The maximum atomic E-state index is 13.7. The number of allylic oxidation sites excluding steroid dienone is 2. The predicted molar refractivity (Wildman–Crippen MR) is 128 cm³/mol. The number of imide groups is 2. The second-order valence-corrected chi connectivity index (χ2v) is 10.2. The minimum Gasteiger partial charge on any atom is -0.495 e. The molecule has 2 saturated carbocycles. The minimum atomic E-state index is -0.539. The number of carbonyl (C=O) groups is 4. The van der Waals surface area contributed by atoms with Gasteiger partial charge in [-0.25, -0.2) is 9.80 Å². The number of methoxy groups -OCH3 is 2. The highest BCUT2D eigenvalue weighted by molar-refractivity contribution is 6.25. The van der Waals surface area contributed by atoms with Crippen LogP contribution >= 0.6 is 0 Å². The lowest BCUT2D eigenvalue weighted by Gasteiger charge is -2.60. The summed E-state index contributed by atoms with van der Waals surface area (Å²) in [5, 5.41) is 0. The highest BCUT2D eigenvalue weighted by Gasteiger charge is 2.75. The smallest absolute Gasteiger partial charge is 0.238 e. The van der Waals surface area contributed by atoms with Gasteiger partial charge < -0.3 is 9.47 Å². The quantitative estimate of drug-likeness (QED) is 0.489. The average molecular weight is 485 g/mol. The molecule has 2 aromatic rings. The number of carbonyl (C=O) groups excluding carboxylic acids is 4. The number of rotatable bonds is 4. The molecule has 6 aliphatic rings. The largest absolute Gasteiger partial charge is 0.495 e. The Hall–Kier alpha value is -3.94. The van der Waals surface area contributed by atoms with Gasteiger partial charge >= 0.3 is 0 Å². The molecule has 4 amide bonds. The number of anilines is 2. The van der Waals surface area contributed by atoms with Crippen LogP contribution in [0.2, 0.25) is 0 Å². The lowest BCUT2D eigenvalue weighted by Crippen LogP contribution is -2.63. The molecule has 0 spiro atoms. The summed E-state index contributed by atoms with van der Waals surface area (Å²) in [6, 6.07) is 14.0. The molecule has 182 valence electrons. The number of fused-ring (bicyclic) bond motifs is 1. The van der Waals surface area contributed by atoms with Crippen LogP contribution < -0.4 is 19.3 Å². The molecule has 8 rings (SSSR count). The second-order valence-electron chi connectivity index (χ2n) is 10.2. The molecule has 8 atom stereocenters. The molecular weight excluding hydrogens is 460 g/mol. The summed E-state index contributed by atoms with van der Waals surface area (Å²) in [6.45, 7) is 0. The molecule has 2 aromatic carbocycles. The summed E-state index contributed by atoms with van der Waals surface area (Å²) >= 11 is 0. The number of ether oxygens (including phenoxy) is 2. The molecule has 8 heteroatoms. The maximum absolute atomic E-state index is 13.7. The number of amides is 4. The Labute approximate surface area is 207 Å². The molecule has 0 aromatic heterocycles. The van der Waals surface area contributed by atoms with Crippen LogP contribution in [0.25, 0.3) is 0 Å². The monoisotopic (exact) mass is 484 g/mol. The van der Waals surface area contributed by atoms with Crippen molar-refractivity contribution in [2.75, 3.05) is 24.0 Å². The molecular formula is C28H24N2O6. The fraction of sp³-hybridized carbons (Fsp3) is 0.357. The highest BCUT2D eigenvalue weighted by atomic mass is 16.5. The predicted octanol–water partition coefficient (Wildman–Crippen LogP) is 2.68. The van der Waals surface area contributed by atoms with Crippen molar-refractivity contribution in [1.82, 2.24) is 0 Å². The zero-order valence-electron chi connectivity index (χ0n) is 19.7. The summed E-state index contributed by atoms with van der Waals surface area (Å²) in [4.78, 5) is 57.2. The fourth-order valence-corrected chi connectivity index (χ4v) is 7.70. The van der Waals surface area contributed by atoms with Gasteiger partial charge in [-0.15, -0.1) is 0 Å². The van der Waals surface area contributed by atoms with Crippen molar-refractivity contribution in [3.63, 3.8) is 0 Å². The molecule has 36 heavy (non-hydrogen) atoms. The summed E-state index contributed by atoms with van der Waals surface area (Å²) in [7, 11) is 3.02. The van der Waals surface area contributed by atoms with E-state index in [0.29, 0.717) is 22.9 Å². The lowest BCUT2D eigenvalue weighted by atomic mass is 9.40. The van der Waals surface area contributed by atoms with Gasteiger partial charge in [-0.2, -0.15) is 0 Å². The van der Waals surface area contributed by atoms with Crippen molar-refractivity contribution in [2.24, 2.45) is 47.3 Å². The van der Waals surface area contributed by atoms with Gasteiger partial charge in [0.2, 0.25) is 23.6 Å². The SMILES string of the molecule is COc1ccccc1N1C(=O)[C@@H]2[C@@H](C1=O)[C@H]1[C@@H]3C=C[C@H]([C@H]4C(=O)N(c5ccccc5OC)C(=O)[C@@H]34)[C@H]21. The van der Waals surface area contributed by atoms with Crippen LogP contribution in [0.5, 0.6) is 11.5 Å². The van der Waals surface area contributed by atoms with Crippen LogP contribution in [-0.2, 0) is 19.2 Å². The molecule has 2 aliphatic heterocycles. The van der Waals surface area contributed by atoms with E-state index in [1.165, 1.54) is 24.0 Å². The second kappa shape index (κ2) is 7.29. The fourth-order valence-electron chi connectivity index (χ4n) is 7.70. The summed E-state index contributed by atoms with van der Waals surface area (Å²) in [6.07, 6.45) is 4.01. The van der Waals surface area contributed by atoms with E-state index in [4.69, 9.17) is 9.47 Å². The first-order chi connectivity index (χ1) is 17.5. The third kappa shape index (κ3) is 2.39. The van der Waals surface area contributed by atoms with Crippen LogP contribution in [0.15, 0.2) is 60.7 Å². The van der Waals surface area contributed by atoms with Crippen molar-refractivity contribution < 1.29 is 28.7 Å². The summed E-state index contributed by atoms with van der Waals surface area (Å²) in [5.74, 6) is -2.97.